The molecule has 2 heterocycles. The van der Waals surface area contributed by atoms with Crippen LogP contribution in [-0.4, -0.2) is 49.5 Å². The fourth-order valence-electron chi connectivity index (χ4n) is 3.81. The number of carbonyl (C=O) groups excluding carboxylic acids is 1. The SMILES string of the molecule is COc1ccc(-c2nn(-c3ccccc3)cc2/C=N/NC(=O)CSc2nnc(C)n2-c2ccccc2)cc1. The first-order chi connectivity index (χ1) is 18.6. The lowest BCUT2D eigenvalue weighted by Crippen LogP contribution is -2.20. The fraction of sp³-hybridized carbons (Fsp3) is 0.107. The Balaban J connectivity index is 1.30. The molecule has 0 bridgehead atoms. The summed E-state index contributed by atoms with van der Waals surface area (Å²) in [6.07, 6.45) is 3.48. The highest BCUT2D eigenvalue weighted by molar-refractivity contribution is 7.99. The number of benzene rings is 3. The van der Waals surface area contributed by atoms with Gasteiger partial charge in [0.25, 0.3) is 5.91 Å². The first kappa shape index (κ1) is 25.0. The number of aryl methyl sites for hydroxylation is 1. The van der Waals surface area contributed by atoms with Crippen LogP contribution < -0.4 is 10.2 Å². The molecule has 2 aromatic heterocycles. The summed E-state index contributed by atoms with van der Waals surface area (Å²) in [4.78, 5) is 12.6. The van der Waals surface area contributed by atoms with Gasteiger partial charge in [-0.1, -0.05) is 48.2 Å². The van der Waals surface area contributed by atoms with Gasteiger partial charge in [0.2, 0.25) is 0 Å². The molecule has 5 rings (SSSR count). The van der Waals surface area contributed by atoms with Crippen molar-refractivity contribution in [2.75, 3.05) is 12.9 Å². The van der Waals surface area contributed by atoms with Gasteiger partial charge in [0.05, 0.1) is 24.8 Å². The summed E-state index contributed by atoms with van der Waals surface area (Å²) in [7, 11) is 1.63. The predicted octanol–water partition coefficient (Wildman–Crippen LogP) is 4.68. The normalized spacial score (nSPS) is 11.1. The minimum atomic E-state index is -0.257. The molecule has 9 nitrogen and oxygen atoms in total. The van der Waals surface area contributed by atoms with Gasteiger partial charge in [-0.2, -0.15) is 10.2 Å². The fourth-order valence-corrected chi connectivity index (χ4v) is 4.60. The molecule has 0 atom stereocenters. The van der Waals surface area contributed by atoms with Crippen LogP contribution in [0.25, 0.3) is 22.6 Å². The van der Waals surface area contributed by atoms with E-state index in [4.69, 9.17) is 9.84 Å². The van der Waals surface area contributed by atoms with Crippen LogP contribution >= 0.6 is 11.8 Å². The molecule has 0 unspecified atom stereocenters. The highest BCUT2D eigenvalue weighted by atomic mass is 32.2. The number of hydrogen-bond acceptors (Lipinski definition) is 7. The lowest BCUT2D eigenvalue weighted by molar-refractivity contribution is -0.118. The van der Waals surface area contributed by atoms with Crippen LogP contribution in [0.15, 0.2) is 101 Å². The second-order valence-corrected chi connectivity index (χ2v) is 9.17. The summed E-state index contributed by atoms with van der Waals surface area (Å²) in [5.41, 5.74) is 6.86. The van der Waals surface area contributed by atoms with Crippen LogP contribution in [0.1, 0.15) is 11.4 Å². The summed E-state index contributed by atoms with van der Waals surface area (Å²) in [6, 6.07) is 27.2. The quantitative estimate of drug-likeness (QED) is 0.171. The molecule has 0 aliphatic heterocycles. The van der Waals surface area contributed by atoms with Gasteiger partial charge < -0.3 is 4.74 Å². The third-order valence-corrected chi connectivity index (χ3v) is 6.59. The van der Waals surface area contributed by atoms with Crippen molar-refractivity contribution in [2.24, 2.45) is 5.10 Å². The largest absolute Gasteiger partial charge is 0.497 e. The number of carbonyl (C=O) groups is 1. The van der Waals surface area contributed by atoms with Gasteiger partial charge in [-0.3, -0.25) is 9.36 Å². The number of ether oxygens (including phenoxy) is 1. The zero-order chi connectivity index (χ0) is 26.3. The lowest BCUT2D eigenvalue weighted by Gasteiger charge is -2.07. The minimum Gasteiger partial charge on any atom is -0.497 e. The number of hydrogen-bond donors (Lipinski definition) is 1. The van der Waals surface area contributed by atoms with Gasteiger partial charge in [0.15, 0.2) is 5.16 Å². The third-order valence-electron chi connectivity index (χ3n) is 5.66. The van der Waals surface area contributed by atoms with E-state index in [0.717, 1.165) is 39.8 Å². The number of aromatic nitrogens is 5. The van der Waals surface area contributed by atoms with E-state index in [2.05, 4.69) is 20.7 Å². The molecule has 0 saturated carbocycles. The Morgan fingerprint density at radius 1 is 0.974 bits per heavy atom. The Bertz CT molecular complexity index is 1550. The Hall–Kier alpha value is -4.70. The maximum absolute atomic E-state index is 12.6. The number of rotatable bonds is 9. The second kappa shape index (κ2) is 11.6. The van der Waals surface area contributed by atoms with Crippen LogP contribution in [0.5, 0.6) is 5.75 Å². The summed E-state index contributed by atoms with van der Waals surface area (Å²) >= 11 is 1.30. The number of hydrazone groups is 1. The van der Waals surface area contributed by atoms with Crippen LogP contribution in [0.2, 0.25) is 0 Å². The van der Waals surface area contributed by atoms with Crippen molar-refractivity contribution < 1.29 is 9.53 Å². The summed E-state index contributed by atoms with van der Waals surface area (Å²) in [5, 5.41) is 18.0. The molecule has 0 aliphatic rings. The second-order valence-electron chi connectivity index (χ2n) is 8.22. The number of methoxy groups -OCH3 is 1. The van der Waals surface area contributed by atoms with Crippen molar-refractivity contribution in [3.05, 3.63) is 103 Å². The van der Waals surface area contributed by atoms with Crippen LogP contribution in [0.4, 0.5) is 0 Å². The maximum atomic E-state index is 12.6. The summed E-state index contributed by atoms with van der Waals surface area (Å²) < 4.78 is 8.98. The van der Waals surface area contributed by atoms with E-state index in [1.165, 1.54) is 11.8 Å². The standard InChI is InChI=1S/C28H25N7O2S/c1-20-30-32-28(35(20)24-11-7-4-8-12-24)38-19-26(36)31-29-17-22-18-34(23-9-5-3-6-10-23)33-27(22)21-13-15-25(37-2)16-14-21/h3-18H,19H2,1-2H3,(H,31,36)/b29-17+. The van der Waals surface area contributed by atoms with Crippen molar-refractivity contribution in [3.8, 4) is 28.4 Å². The smallest absolute Gasteiger partial charge is 0.250 e. The number of thioether (sulfide) groups is 1. The predicted molar refractivity (Wildman–Crippen MR) is 148 cm³/mol. The van der Waals surface area contributed by atoms with E-state index in [1.54, 1.807) is 18.0 Å². The maximum Gasteiger partial charge on any atom is 0.250 e. The van der Waals surface area contributed by atoms with E-state index in [0.29, 0.717) is 5.16 Å². The van der Waals surface area contributed by atoms with E-state index < -0.39 is 0 Å². The van der Waals surface area contributed by atoms with Gasteiger partial charge in [-0.05, 0) is 55.5 Å². The van der Waals surface area contributed by atoms with Crippen LogP contribution in [0, 0.1) is 6.92 Å². The Morgan fingerprint density at radius 2 is 1.66 bits per heavy atom. The highest BCUT2D eigenvalue weighted by Gasteiger charge is 2.14. The van der Waals surface area contributed by atoms with Gasteiger partial charge in [0, 0.05) is 23.0 Å². The van der Waals surface area contributed by atoms with Crippen LogP contribution in [0.3, 0.4) is 0 Å². The van der Waals surface area contributed by atoms with Crippen molar-refractivity contribution in [1.29, 1.82) is 0 Å². The molecule has 1 amide bonds. The number of nitrogens with zero attached hydrogens (tertiary/aromatic N) is 6. The zero-order valence-corrected chi connectivity index (χ0v) is 21.7. The van der Waals surface area contributed by atoms with Gasteiger partial charge in [-0.25, -0.2) is 10.1 Å². The van der Waals surface area contributed by atoms with E-state index >= 15 is 0 Å². The molecule has 0 spiro atoms. The van der Waals surface area contributed by atoms with Crippen molar-refractivity contribution in [3.63, 3.8) is 0 Å². The van der Waals surface area contributed by atoms with E-state index in [1.807, 2.05) is 103 Å². The number of amides is 1. The zero-order valence-electron chi connectivity index (χ0n) is 20.9. The molecule has 1 N–H and O–H groups in total. The molecule has 0 radical (unpaired) electrons. The van der Waals surface area contributed by atoms with Crippen LogP contribution in [-0.2, 0) is 4.79 Å². The van der Waals surface area contributed by atoms with Gasteiger partial charge in [0.1, 0.15) is 17.3 Å². The molecule has 3 aromatic carbocycles. The lowest BCUT2D eigenvalue weighted by atomic mass is 10.1. The van der Waals surface area contributed by atoms with E-state index in [-0.39, 0.29) is 11.7 Å². The van der Waals surface area contributed by atoms with Crippen molar-refractivity contribution in [2.45, 2.75) is 12.1 Å². The number of nitrogens with one attached hydrogen (secondary N) is 1. The minimum absolute atomic E-state index is 0.136. The average molecular weight is 524 g/mol. The van der Waals surface area contributed by atoms with E-state index in [9.17, 15) is 4.79 Å². The van der Waals surface area contributed by atoms with Crippen molar-refractivity contribution >= 4 is 23.9 Å². The Labute approximate surface area is 224 Å². The molecule has 0 aliphatic carbocycles. The Morgan fingerprint density at radius 3 is 2.34 bits per heavy atom. The molecular formula is C28H25N7O2S. The number of para-hydroxylation sites is 2. The van der Waals surface area contributed by atoms with Gasteiger partial charge >= 0.3 is 0 Å². The summed E-state index contributed by atoms with van der Waals surface area (Å²) in [6.45, 7) is 1.88. The Kier molecular flexibility index (Phi) is 7.60. The average Bonchev–Trinajstić information content (AvgIpc) is 3.56. The summed E-state index contributed by atoms with van der Waals surface area (Å²) in [5.74, 6) is 1.39. The molecule has 0 fully saturated rings. The molecular weight excluding hydrogens is 498 g/mol. The molecule has 5 aromatic rings. The highest BCUT2D eigenvalue weighted by Crippen LogP contribution is 2.25. The molecule has 38 heavy (non-hydrogen) atoms. The molecule has 10 heteroatoms. The monoisotopic (exact) mass is 523 g/mol. The van der Waals surface area contributed by atoms with Crippen molar-refractivity contribution in [1.82, 2.24) is 30.0 Å². The first-order valence-corrected chi connectivity index (χ1v) is 12.8. The third kappa shape index (κ3) is 5.65. The topological polar surface area (TPSA) is 99.2 Å². The molecule has 190 valence electrons. The molecule has 0 saturated heterocycles. The first-order valence-electron chi connectivity index (χ1n) is 11.8. The van der Waals surface area contributed by atoms with Gasteiger partial charge in [-0.15, -0.1) is 10.2 Å².